The number of para-hydroxylation sites is 4. The molecule has 0 aliphatic heterocycles. The number of rotatable bonds is 4. The summed E-state index contributed by atoms with van der Waals surface area (Å²) in [6, 6.07) is 56.4. The quantitative estimate of drug-likeness (QED) is 0.183. The predicted molar refractivity (Wildman–Crippen MR) is 197 cm³/mol. The third kappa shape index (κ3) is 4.01. The van der Waals surface area contributed by atoms with E-state index in [0.29, 0.717) is 11.3 Å². The van der Waals surface area contributed by atoms with E-state index in [1.165, 1.54) is 10.8 Å². The first-order chi connectivity index (χ1) is 23.8. The second-order valence-corrected chi connectivity index (χ2v) is 11.9. The standard InChI is InChI=1S/C44H26N4/c1-46-37-21-12-20-32(29-13-10-15-31(27-29)47-38-22-6-2-16-33(38)34-17-3-7-23-39(34)47)44(37)43-30(28-45)14-11-26-42(43)48-40-24-8-4-18-35(40)36-19-5-9-25-41(36)48/h2-27H. The van der Waals surface area contributed by atoms with Gasteiger partial charge in [-0.3, -0.25) is 0 Å². The van der Waals surface area contributed by atoms with Crippen LogP contribution in [0.1, 0.15) is 5.56 Å². The Morgan fingerprint density at radius 2 is 1.02 bits per heavy atom. The summed E-state index contributed by atoms with van der Waals surface area (Å²) < 4.78 is 4.54. The van der Waals surface area contributed by atoms with Crippen molar-refractivity contribution in [3.63, 3.8) is 0 Å². The highest BCUT2D eigenvalue weighted by Crippen LogP contribution is 2.46. The first-order valence-electron chi connectivity index (χ1n) is 15.9. The largest absolute Gasteiger partial charge is 0.309 e. The summed E-state index contributed by atoms with van der Waals surface area (Å²) in [6.07, 6.45) is 0. The van der Waals surface area contributed by atoms with E-state index >= 15 is 0 Å². The number of fused-ring (bicyclic) bond motifs is 6. The molecule has 9 aromatic rings. The summed E-state index contributed by atoms with van der Waals surface area (Å²) >= 11 is 0. The normalized spacial score (nSPS) is 11.3. The lowest BCUT2D eigenvalue weighted by Gasteiger charge is -2.20. The summed E-state index contributed by atoms with van der Waals surface area (Å²) in [7, 11) is 0. The number of hydrogen-bond acceptors (Lipinski definition) is 1. The van der Waals surface area contributed by atoms with Crippen molar-refractivity contribution in [2.45, 2.75) is 0 Å². The summed E-state index contributed by atoms with van der Waals surface area (Å²) in [4.78, 5) is 4.04. The van der Waals surface area contributed by atoms with Gasteiger partial charge in [-0.2, -0.15) is 5.26 Å². The van der Waals surface area contributed by atoms with Gasteiger partial charge in [0.1, 0.15) is 0 Å². The molecule has 4 heteroatoms. The first kappa shape index (κ1) is 27.4. The van der Waals surface area contributed by atoms with Crippen molar-refractivity contribution in [3.05, 3.63) is 175 Å². The highest BCUT2D eigenvalue weighted by molar-refractivity contribution is 6.11. The number of nitriles is 1. The average Bonchev–Trinajstić information content (AvgIpc) is 3.67. The molecule has 222 valence electrons. The number of benzene rings is 7. The number of nitrogens with zero attached hydrogens (tertiary/aromatic N) is 4. The van der Waals surface area contributed by atoms with Crippen LogP contribution in [0.4, 0.5) is 5.69 Å². The van der Waals surface area contributed by atoms with Crippen LogP contribution in [0.25, 0.3) is 82.1 Å². The lowest BCUT2D eigenvalue weighted by molar-refractivity contribution is 1.18. The molecule has 0 atom stereocenters. The maximum absolute atomic E-state index is 10.6. The van der Waals surface area contributed by atoms with Gasteiger partial charge in [-0.15, -0.1) is 0 Å². The van der Waals surface area contributed by atoms with Crippen LogP contribution in [0.15, 0.2) is 158 Å². The number of aromatic nitrogens is 2. The Balaban J connectivity index is 1.34. The maximum Gasteiger partial charge on any atom is 0.195 e. The molecule has 0 saturated carbocycles. The zero-order valence-electron chi connectivity index (χ0n) is 25.8. The molecule has 0 saturated heterocycles. The minimum Gasteiger partial charge on any atom is -0.309 e. The van der Waals surface area contributed by atoms with E-state index in [-0.39, 0.29) is 0 Å². The van der Waals surface area contributed by atoms with Gasteiger partial charge < -0.3 is 9.13 Å². The lowest BCUT2D eigenvalue weighted by Crippen LogP contribution is -2.01. The van der Waals surface area contributed by atoms with Crippen molar-refractivity contribution in [1.29, 1.82) is 5.26 Å². The Morgan fingerprint density at radius 3 is 1.58 bits per heavy atom. The highest BCUT2D eigenvalue weighted by atomic mass is 15.0. The fraction of sp³-hybridized carbons (Fsp3) is 0. The smallest absolute Gasteiger partial charge is 0.195 e. The molecule has 2 aromatic heterocycles. The zero-order chi connectivity index (χ0) is 32.2. The van der Waals surface area contributed by atoms with Gasteiger partial charge in [0.25, 0.3) is 0 Å². The summed E-state index contributed by atoms with van der Waals surface area (Å²) in [5.41, 5.74) is 10.6. The molecular weight excluding hydrogens is 585 g/mol. The molecule has 4 nitrogen and oxygen atoms in total. The monoisotopic (exact) mass is 610 g/mol. The molecule has 2 heterocycles. The van der Waals surface area contributed by atoms with E-state index < -0.39 is 0 Å². The summed E-state index contributed by atoms with van der Waals surface area (Å²) in [5, 5.41) is 15.3. The molecule has 0 unspecified atom stereocenters. The van der Waals surface area contributed by atoms with Crippen LogP contribution < -0.4 is 0 Å². The van der Waals surface area contributed by atoms with E-state index in [1.54, 1.807) is 0 Å². The minimum absolute atomic E-state index is 0.500. The second kappa shape index (κ2) is 10.9. The van der Waals surface area contributed by atoms with Crippen molar-refractivity contribution in [2.24, 2.45) is 0 Å². The summed E-state index contributed by atoms with van der Waals surface area (Å²) in [5.74, 6) is 0. The van der Waals surface area contributed by atoms with Crippen molar-refractivity contribution >= 4 is 49.3 Å². The third-order valence-corrected chi connectivity index (χ3v) is 9.39. The van der Waals surface area contributed by atoms with E-state index in [4.69, 9.17) is 6.57 Å². The van der Waals surface area contributed by atoms with Gasteiger partial charge in [0.05, 0.1) is 46.0 Å². The first-order valence-corrected chi connectivity index (χ1v) is 15.9. The highest BCUT2D eigenvalue weighted by Gasteiger charge is 2.23. The Morgan fingerprint density at radius 1 is 0.500 bits per heavy atom. The van der Waals surface area contributed by atoms with E-state index in [9.17, 15) is 5.26 Å². The summed E-state index contributed by atoms with van der Waals surface area (Å²) in [6.45, 7) is 8.30. The molecule has 0 N–H and O–H groups in total. The minimum atomic E-state index is 0.500. The Labute approximate surface area is 277 Å². The fourth-order valence-electron chi connectivity index (χ4n) is 7.41. The second-order valence-electron chi connectivity index (χ2n) is 11.9. The van der Waals surface area contributed by atoms with Crippen molar-refractivity contribution < 1.29 is 0 Å². The van der Waals surface area contributed by atoms with Crippen molar-refractivity contribution in [1.82, 2.24) is 9.13 Å². The van der Waals surface area contributed by atoms with Crippen LogP contribution in [0.2, 0.25) is 0 Å². The fourth-order valence-corrected chi connectivity index (χ4v) is 7.41. The maximum atomic E-state index is 10.6. The van der Waals surface area contributed by atoms with Crippen LogP contribution in [0, 0.1) is 17.9 Å². The van der Waals surface area contributed by atoms with Crippen LogP contribution in [0.5, 0.6) is 0 Å². The van der Waals surface area contributed by atoms with Gasteiger partial charge in [0.2, 0.25) is 0 Å². The van der Waals surface area contributed by atoms with Crippen LogP contribution in [0.3, 0.4) is 0 Å². The molecule has 9 rings (SSSR count). The topological polar surface area (TPSA) is 38.0 Å². The average molecular weight is 611 g/mol. The molecule has 0 amide bonds. The van der Waals surface area contributed by atoms with Gasteiger partial charge in [0.15, 0.2) is 5.69 Å². The Kier molecular flexibility index (Phi) is 6.22. The van der Waals surface area contributed by atoms with Crippen LogP contribution >= 0.6 is 0 Å². The molecule has 0 spiro atoms. The molecule has 0 fully saturated rings. The molecule has 48 heavy (non-hydrogen) atoms. The van der Waals surface area contributed by atoms with Gasteiger partial charge >= 0.3 is 0 Å². The van der Waals surface area contributed by atoms with Crippen LogP contribution in [-0.2, 0) is 0 Å². The molecule has 0 aliphatic rings. The van der Waals surface area contributed by atoms with E-state index in [1.807, 2.05) is 36.4 Å². The Hall–Kier alpha value is -6.88. The lowest BCUT2D eigenvalue weighted by atomic mass is 9.89. The predicted octanol–water partition coefficient (Wildman–Crippen LogP) is 11.6. The van der Waals surface area contributed by atoms with Gasteiger partial charge in [-0.1, -0.05) is 109 Å². The number of hydrogen-bond donors (Lipinski definition) is 0. The van der Waals surface area contributed by atoms with Crippen LogP contribution in [-0.4, -0.2) is 9.13 Å². The molecule has 0 bridgehead atoms. The van der Waals surface area contributed by atoms with Crippen molar-refractivity contribution in [3.8, 4) is 39.7 Å². The molecular formula is C44H26N4. The van der Waals surface area contributed by atoms with E-state index in [2.05, 4.69) is 141 Å². The van der Waals surface area contributed by atoms with Gasteiger partial charge in [-0.25, -0.2) is 4.85 Å². The third-order valence-electron chi connectivity index (χ3n) is 9.39. The molecule has 0 radical (unpaired) electrons. The SMILES string of the molecule is [C-]#[N+]c1cccc(-c2cccc(-n3c4ccccc4c4ccccc43)c2)c1-c1c(C#N)cccc1-n1c2ccccc2c2ccccc21. The van der Waals surface area contributed by atoms with E-state index in [0.717, 1.165) is 66.5 Å². The zero-order valence-corrected chi connectivity index (χ0v) is 25.8. The molecule has 0 aliphatic carbocycles. The Bertz CT molecular complexity index is 2710. The van der Waals surface area contributed by atoms with Gasteiger partial charge in [0, 0.05) is 32.8 Å². The van der Waals surface area contributed by atoms with Gasteiger partial charge in [-0.05, 0) is 65.2 Å². The van der Waals surface area contributed by atoms with Crippen molar-refractivity contribution in [2.75, 3.05) is 0 Å². The molecule has 7 aromatic carbocycles.